The van der Waals surface area contributed by atoms with Crippen LogP contribution in [0.3, 0.4) is 0 Å². The van der Waals surface area contributed by atoms with E-state index in [1.54, 1.807) is 14.2 Å². The molecule has 1 unspecified atom stereocenters. The maximum atomic E-state index is 6.64. The van der Waals surface area contributed by atoms with Gasteiger partial charge in [-0.3, -0.25) is 0 Å². The van der Waals surface area contributed by atoms with Crippen LogP contribution in [0.15, 0.2) is 36.4 Å². The maximum Gasteiger partial charge on any atom is 0.124 e. The van der Waals surface area contributed by atoms with Crippen molar-refractivity contribution in [1.29, 1.82) is 0 Å². The van der Waals surface area contributed by atoms with Gasteiger partial charge in [-0.1, -0.05) is 18.2 Å². The molecule has 0 spiro atoms. The molecule has 112 valence electrons. The summed E-state index contributed by atoms with van der Waals surface area (Å²) in [6.45, 7) is 6.19. The van der Waals surface area contributed by atoms with Crippen molar-refractivity contribution in [2.45, 2.75) is 26.3 Å². The Morgan fingerprint density at radius 1 is 0.905 bits per heavy atom. The van der Waals surface area contributed by atoms with Crippen LogP contribution >= 0.6 is 0 Å². The third-order valence-electron chi connectivity index (χ3n) is 4.07. The van der Waals surface area contributed by atoms with Crippen molar-refractivity contribution < 1.29 is 9.47 Å². The summed E-state index contributed by atoms with van der Waals surface area (Å²) in [6.07, 6.45) is 0. The van der Waals surface area contributed by atoms with Gasteiger partial charge in [-0.15, -0.1) is 0 Å². The zero-order valence-corrected chi connectivity index (χ0v) is 13.4. The van der Waals surface area contributed by atoms with E-state index < -0.39 is 5.54 Å². The van der Waals surface area contributed by atoms with Gasteiger partial charge in [0.1, 0.15) is 11.5 Å². The number of methoxy groups -OCH3 is 2. The summed E-state index contributed by atoms with van der Waals surface area (Å²) in [5, 5.41) is 0. The average Bonchev–Trinajstić information content (AvgIpc) is 2.49. The van der Waals surface area contributed by atoms with Gasteiger partial charge in [-0.25, -0.2) is 0 Å². The molecule has 0 fully saturated rings. The van der Waals surface area contributed by atoms with Crippen molar-refractivity contribution in [3.8, 4) is 11.5 Å². The van der Waals surface area contributed by atoms with Gasteiger partial charge in [0.25, 0.3) is 0 Å². The quantitative estimate of drug-likeness (QED) is 0.934. The third-order valence-corrected chi connectivity index (χ3v) is 4.07. The Labute approximate surface area is 126 Å². The fourth-order valence-electron chi connectivity index (χ4n) is 2.44. The van der Waals surface area contributed by atoms with Gasteiger partial charge in [0.2, 0.25) is 0 Å². The predicted octanol–water partition coefficient (Wildman–Crippen LogP) is 3.54. The van der Waals surface area contributed by atoms with Gasteiger partial charge < -0.3 is 15.2 Å². The van der Waals surface area contributed by atoms with E-state index in [2.05, 4.69) is 32.0 Å². The standard InChI is InChI=1S/C18H23NO2/c1-12-6-7-14(10-13(12)2)18(3,19)16-11-15(20-4)8-9-17(16)21-5/h6-11H,19H2,1-5H3. The first-order chi connectivity index (χ1) is 9.90. The minimum absolute atomic E-state index is 0.654. The number of nitrogens with two attached hydrogens (primary N) is 1. The molecule has 3 heteroatoms. The molecule has 1 atom stereocenters. The molecule has 2 rings (SSSR count). The van der Waals surface area contributed by atoms with Crippen LogP contribution in [0.4, 0.5) is 0 Å². The second-order valence-corrected chi connectivity index (χ2v) is 5.57. The highest BCUT2D eigenvalue weighted by Gasteiger charge is 2.28. The first kappa shape index (κ1) is 15.4. The normalized spacial score (nSPS) is 13.6. The highest BCUT2D eigenvalue weighted by Crippen LogP contribution is 2.36. The lowest BCUT2D eigenvalue weighted by Crippen LogP contribution is -2.34. The number of aryl methyl sites for hydroxylation is 2. The monoisotopic (exact) mass is 285 g/mol. The van der Waals surface area contributed by atoms with E-state index in [0.29, 0.717) is 0 Å². The molecule has 0 saturated heterocycles. The first-order valence-electron chi connectivity index (χ1n) is 6.99. The van der Waals surface area contributed by atoms with E-state index in [0.717, 1.165) is 22.6 Å². The van der Waals surface area contributed by atoms with Crippen LogP contribution in [0.1, 0.15) is 29.2 Å². The van der Waals surface area contributed by atoms with E-state index in [1.807, 2.05) is 25.1 Å². The molecule has 0 aliphatic heterocycles. The first-order valence-corrected chi connectivity index (χ1v) is 6.99. The minimum Gasteiger partial charge on any atom is -0.497 e. The van der Waals surface area contributed by atoms with Gasteiger partial charge in [-0.05, 0) is 55.7 Å². The van der Waals surface area contributed by atoms with Crippen LogP contribution in [0.2, 0.25) is 0 Å². The van der Waals surface area contributed by atoms with E-state index in [-0.39, 0.29) is 0 Å². The minimum atomic E-state index is -0.654. The fraction of sp³-hybridized carbons (Fsp3) is 0.333. The highest BCUT2D eigenvalue weighted by atomic mass is 16.5. The second-order valence-electron chi connectivity index (χ2n) is 5.57. The SMILES string of the molecule is COc1ccc(OC)c(C(C)(N)c2ccc(C)c(C)c2)c1. The molecule has 0 aliphatic rings. The molecule has 0 heterocycles. The van der Waals surface area contributed by atoms with E-state index >= 15 is 0 Å². The molecule has 0 amide bonds. The maximum absolute atomic E-state index is 6.64. The van der Waals surface area contributed by atoms with Crippen molar-refractivity contribution in [3.05, 3.63) is 58.7 Å². The van der Waals surface area contributed by atoms with Gasteiger partial charge in [0.15, 0.2) is 0 Å². The van der Waals surface area contributed by atoms with Crippen molar-refractivity contribution >= 4 is 0 Å². The lowest BCUT2D eigenvalue weighted by molar-refractivity contribution is 0.389. The molecule has 0 bridgehead atoms. The summed E-state index contributed by atoms with van der Waals surface area (Å²) < 4.78 is 10.8. The van der Waals surface area contributed by atoms with Crippen molar-refractivity contribution in [3.63, 3.8) is 0 Å². The van der Waals surface area contributed by atoms with Crippen LogP contribution in [0, 0.1) is 13.8 Å². The van der Waals surface area contributed by atoms with Gasteiger partial charge >= 0.3 is 0 Å². The summed E-state index contributed by atoms with van der Waals surface area (Å²) in [7, 11) is 3.30. The number of hydrogen-bond donors (Lipinski definition) is 1. The Morgan fingerprint density at radius 3 is 2.19 bits per heavy atom. The van der Waals surface area contributed by atoms with Gasteiger partial charge in [-0.2, -0.15) is 0 Å². The smallest absolute Gasteiger partial charge is 0.124 e. The summed E-state index contributed by atoms with van der Waals surface area (Å²) in [5.41, 5.74) is 10.4. The van der Waals surface area contributed by atoms with E-state index in [1.165, 1.54) is 11.1 Å². The Bertz CT molecular complexity index is 648. The molecule has 2 aromatic rings. The summed E-state index contributed by atoms with van der Waals surface area (Å²) >= 11 is 0. The zero-order valence-electron chi connectivity index (χ0n) is 13.4. The van der Waals surface area contributed by atoms with Gasteiger partial charge in [0.05, 0.1) is 19.8 Å². The molecule has 2 aromatic carbocycles. The highest BCUT2D eigenvalue weighted by molar-refractivity contribution is 5.50. The molecule has 3 nitrogen and oxygen atoms in total. The molecule has 2 N–H and O–H groups in total. The Hall–Kier alpha value is -2.00. The molecule has 0 saturated carbocycles. The van der Waals surface area contributed by atoms with Gasteiger partial charge in [0, 0.05) is 5.56 Å². The molecule has 21 heavy (non-hydrogen) atoms. The summed E-state index contributed by atoms with van der Waals surface area (Å²) in [6, 6.07) is 12.0. The largest absolute Gasteiger partial charge is 0.497 e. The number of benzene rings is 2. The fourth-order valence-corrected chi connectivity index (χ4v) is 2.44. The van der Waals surface area contributed by atoms with Crippen LogP contribution in [0.5, 0.6) is 11.5 Å². The average molecular weight is 285 g/mol. The lowest BCUT2D eigenvalue weighted by atomic mass is 9.83. The van der Waals surface area contributed by atoms with Crippen LogP contribution < -0.4 is 15.2 Å². The molecule has 0 aliphatic carbocycles. The van der Waals surface area contributed by atoms with Crippen LogP contribution in [-0.4, -0.2) is 14.2 Å². The third kappa shape index (κ3) is 2.88. The predicted molar refractivity (Wildman–Crippen MR) is 86.1 cm³/mol. The Kier molecular flexibility index (Phi) is 4.24. The zero-order chi connectivity index (χ0) is 15.6. The van der Waals surface area contributed by atoms with E-state index in [9.17, 15) is 0 Å². The topological polar surface area (TPSA) is 44.5 Å². The lowest BCUT2D eigenvalue weighted by Gasteiger charge is -2.28. The number of hydrogen-bond acceptors (Lipinski definition) is 3. The van der Waals surface area contributed by atoms with E-state index in [4.69, 9.17) is 15.2 Å². The Morgan fingerprint density at radius 2 is 1.62 bits per heavy atom. The molecule has 0 aromatic heterocycles. The number of rotatable bonds is 4. The van der Waals surface area contributed by atoms with Crippen molar-refractivity contribution in [2.24, 2.45) is 5.73 Å². The second kappa shape index (κ2) is 5.78. The molecule has 0 radical (unpaired) electrons. The summed E-state index contributed by atoms with van der Waals surface area (Å²) in [5.74, 6) is 1.53. The van der Waals surface area contributed by atoms with Crippen LogP contribution in [0.25, 0.3) is 0 Å². The summed E-state index contributed by atoms with van der Waals surface area (Å²) in [4.78, 5) is 0. The number of ether oxygens (including phenoxy) is 2. The Balaban J connectivity index is 2.58. The van der Waals surface area contributed by atoms with Crippen LogP contribution in [-0.2, 0) is 5.54 Å². The van der Waals surface area contributed by atoms with Crippen molar-refractivity contribution in [1.82, 2.24) is 0 Å². The molecular formula is C18H23NO2. The van der Waals surface area contributed by atoms with Crippen molar-refractivity contribution in [2.75, 3.05) is 14.2 Å². The molecular weight excluding hydrogens is 262 g/mol.